The second-order valence-corrected chi connectivity index (χ2v) is 5.09. The van der Waals surface area contributed by atoms with Crippen molar-refractivity contribution in [2.45, 2.75) is 58.5 Å². The third kappa shape index (κ3) is 3.09. The summed E-state index contributed by atoms with van der Waals surface area (Å²) in [6, 6.07) is 0.719. The van der Waals surface area contributed by atoms with Gasteiger partial charge in [0.05, 0.1) is 0 Å². The molecule has 0 bridgehead atoms. The topological polar surface area (TPSA) is 29.9 Å². The van der Waals surface area contributed by atoms with Gasteiger partial charge in [0.15, 0.2) is 0 Å². The molecule has 1 aromatic heterocycles. The maximum atomic E-state index is 4.50. The van der Waals surface area contributed by atoms with Gasteiger partial charge in [-0.15, -0.1) is 0 Å². The van der Waals surface area contributed by atoms with Crippen molar-refractivity contribution in [1.82, 2.24) is 14.9 Å². The Hall–Kier alpha value is -0.830. The summed E-state index contributed by atoms with van der Waals surface area (Å²) in [5.41, 5.74) is 0. The van der Waals surface area contributed by atoms with Gasteiger partial charge in [0, 0.05) is 31.4 Å². The molecule has 1 fully saturated rings. The quantitative estimate of drug-likeness (QED) is 0.821. The van der Waals surface area contributed by atoms with Crippen LogP contribution in [0.3, 0.4) is 0 Å². The number of aryl methyl sites for hydroxylation is 1. The fourth-order valence-electron chi connectivity index (χ4n) is 2.93. The molecule has 0 radical (unpaired) electrons. The van der Waals surface area contributed by atoms with E-state index in [1.165, 1.54) is 31.5 Å². The zero-order valence-electron chi connectivity index (χ0n) is 11.2. The summed E-state index contributed by atoms with van der Waals surface area (Å²) in [7, 11) is 0. The number of hydrogen-bond acceptors (Lipinski definition) is 2. The first-order valence-corrected chi connectivity index (χ1v) is 7.08. The van der Waals surface area contributed by atoms with E-state index in [9.17, 15) is 0 Å². The van der Waals surface area contributed by atoms with Crippen molar-refractivity contribution in [3.05, 3.63) is 18.2 Å². The Morgan fingerprint density at radius 2 is 2.29 bits per heavy atom. The van der Waals surface area contributed by atoms with Gasteiger partial charge < -0.3 is 9.88 Å². The van der Waals surface area contributed by atoms with Crippen LogP contribution in [0.25, 0.3) is 0 Å². The largest absolute Gasteiger partial charge is 0.335 e. The van der Waals surface area contributed by atoms with Crippen molar-refractivity contribution in [3.63, 3.8) is 0 Å². The smallest absolute Gasteiger partial charge is 0.108 e. The second kappa shape index (κ2) is 6.20. The Kier molecular flexibility index (Phi) is 4.60. The molecule has 0 aromatic carbocycles. The van der Waals surface area contributed by atoms with Crippen LogP contribution in [0.4, 0.5) is 0 Å². The monoisotopic (exact) mass is 235 g/mol. The van der Waals surface area contributed by atoms with E-state index in [0.29, 0.717) is 0 Å². The fraction of sp³-hybridized carbons (Fsp3) is 0.786. The Bertz CT molecular complexity index is 332. The van der Waals surface area contributed by atoms with Gasteiger partial charge in [-0.3, -0.25) is 0 Å². The number of imidazole rings is 1. The van der Waals surface area contributed by atoms with Gasteiger partial charge in [0.2, 0.25) is 0 Å². The van der Waals surface area contributed by atoms with Gasteiger partial charge >= 0.3 is 0 Å². The number of hydrogen-bond donors (Lipinski definition) is 1. The van der Waals surface area contributed by atoms with Gasteiger partial charge in [-0.05, 0) is 38.6 Å². The van der Waals surface area contributed by atoms with Crippen LogP contribution in [-0.2, 0) is 13.0 Å². The van der Waals surface area contributed by atoms with Crippen molar-refractivity contribution in [3.8, 4) is 0 Å². The molecule has 0 saturated heterocycles. The maximum Gasteiger partial charge on any atom is 0.108 e. The lowest BCUT2D eigenvalue weighted by molar-refractivity contribution is 0.388. The third-order valence-corrected chi connectivity index (χ3v) is 3.90. The third-order valence-electron chi connectivity index (χ3n) is 3.90. The summed E-state index contributed by atoms with van der Waals surface area (Å²) in [6.45, 7) is 6.62. The van der Waals surface area contributed by atoms with E-state index in [2.05, 4.69) is 34.9 Å². The molecule has 1 saturated carbocycles. The van der Waals surface area contributed by atoms with Crippen LogP contribution in [0.1, 0.15) is 45.4 Å². The highest BCUT2D eigenvalue weighted by Gasteiger charge is 2.27. The van der Waals surface area contributed by atoms with Crippen molar-refractivity contribution in [2.75, 3.05) is 6.54 Å². The SMILES string of the molecule is CCCNC1CCCC1Cc1nccn1CC. The average molecular weight is 235 g/mol. The molecule has 1 aliphatic carbocycles. The molecule has 1 heterocycles. The molecule has 3 nitrogen and oxygen atoms in total. The summed E-state index contributed by atoms with van der Waals surface area (Å²) in [5.74, 6) is 2.05. The van der Waals surface area contributed by atoms with Crippen LogP contribution in [-0.4, -0.2) is 22.1 Å². The molecule has 3 heteroatoms. The highest BCUT2D eigenvalue weighted by molar-refractivity contribution is 4.97. The van der Waals surface area contributed by atoms with Crippen LogP contribution in [0.15, 0.2) is 12.4 Å². The molecule has 2 rings (SSSR count). The van der Waals surface area contributed by atoms with Crippen molar-refractivity contribution < 1.29 is 0 Å². The number of nitrogens with zero attached hydrogens (tertiary/aromatic N) is 2. The zero-order chi connectivity index (χ0) is 12.1. The minimum Gasteiger partial charge on any atom is -0.335 e. The van der Waals surface area contributed by atoms with Crippen molar-refractivity contribution in [1.29, 1.82) is 0 Å². The highest BCUT2D eigenvalue weighted by Crippen LogP contribution is 2.28. The minimum absolute atomic E-state index is 0.719. The average Bonchev–Trinajstić information content (AvgIpc) is 2.96. The molecule has 1 N–H and O–H groups in total. The predicted octanol–water partition coefficient (Wildman–Crippen LogP) is 2.61. The summed E-state index contributed by atoms with van der Waals surface area (Å²) in [4.78, 5) is 4.50. The first-order valence-electron chi connectivity index (χ1n) is 7.08. The number of nitrogens with one attached hydrogen (secondary N) is 1. The standard InChI is InChI=1S/C14H25N3/c1-3-8-15-13-7-5-6-12(13)11-14-16-9-10-17(14)4-2/h9-10,12-13,15H,3-8,11H2,1-2H3. The zero-order valence-corrected chi connectivity index (χ0v) is 11.2. The molecule has 17 heavy (non-hydrogen) atoms. The molecule has 1 aliphatic rings. The Morgan fingerprint density at radius 3 is 3.06 bits per heavy atom. The second-order valence-electron chi connectivity index (χ2n) is 5.09. The molecule has 0 aliphatic heterocycles. The summed E-state index contributed by atoms with van der Waals surface area (Å²) < 4.78 is 2.27. The summed E-state index contributed by atoms with van der Waals surface area (Å²) in [5, 5.41) is 3.69. The summed E-state index contributed by atoms with van der Waals surface area (Å²) >= 11 is 0. The Balaban J connectivity index is 1.93. The minimum atomic E-state index is 0.719. The van der Waals surface area contributed by atoms with Crippen LogP contribution >= 0.6 is 0 Å². The van der Waals surface area contributed by atoms with Gasteiger partial charge in [-0.1, -0.05) is 13.3 Å². The van der Waals surface area contributed by atoms with E-state index in [4.69, 9.17) is 0 Å². The van der Waals surface area contributed by atoms with Gasteiger partial charge in [-0.25, -0.2) is 4.98 Å². The van der Waals surface area contributed by atoms with Crippen LogP contribution in [0.2, 0.25) is 0 Å². The van der Waals surface area contributed by atoms with E-state index in [-0.39, 0.29) is 0 Å². The molecular formula is C14H25N3. The molecule has 2 atom stereocenters. The first kappa shape index (κ1) is 12.6. The van der Waals surface area contributed by atoms with E-state index in [1.807, 2.05) is 6.20 Å². The van der Waals surface area contributed by atoms with E-state index in [1.54, 1.807) is 0 Å². The summed E-state index contributed by atoms with van der Waals surface area (Å²) in [6.07, 6.45) is 10.5. The Labute approximate surface area is 105 Å². The molecule has 96 valence electrons. The molecule has 1 aromatic rings. The normalized spacial score (nSPS) is 24.4. The highest BCUT2D eigenvalue weighted by atomic mass is 15.1. The van der Waals surface area contributed by atoms with Crippen LogP contribution in [0, 0.1) is 5.92 Å². The molecule has 0 amide bonds. The molecular weight excluding hydrogens is 210 g/mol. The van der Waals surface area contributed by atoms with E-state index in [0.717, 1.165) is 31.5 Å². The lowest BCUT2D eigenvalue weighted by Crippen LogP contribution is -2.34. The first-order chi connectivity index (χ1) is 8.35. The molecule has 2 unspecified atom stereocenters. The maximum absolute atomic E-state index is 4.50. The van der Waals surface area contributed by atoms with Gasteiger partial charge in [0.1, 0.15) is 5.82 Å². The van der Waals surface area contributed by atoms with Crippen molar-refractivity contribution >= 4 is 0 Å². The molecule has 0 spiro atoms. The van der Waals surface area contributed by atoms with E-state index < -0.39 is 0 Å². The van der Waals surface area contributed by atoms with Crippen LogP contribution < -0.4 is 5.32 Å². The predicted molar refractivity (Wildman–Crippen MR) is 71.0 cm³/mol. The van der Waals surface area contributed by atoms with Crippen molar-refractivity contribution in [2.24, 2.45) is 5.92 Å². The van der Waals surface area contributed by atoms with Crippen LogP contribution in [0.5, 0.6) is 0 Å². The Morgan fingerprint density at radius 1 is 1.41 bits per heavy atom. The fourth-order valence-corrected chi connectivity index (χ4v) is 2.93. The number of aromatic nitrogens is 2. The lowest BCUT2D eigenvalue weighted by atomic mass is 9.99. The van der Waals surface area contributed by atoms with Gasteiger partial charge in [-0.2, -0.15) is 0 Å². The lowest BCUT2D eigenvalue weighted by Gasteiger charge is -2.20. The van der Waals surface area contributed by atoms with Gasteiger partial charge in [0.25, 0.3) is 0 Å². The van der Waals surface area contributed by atoms with E-state index >= 15 is 0 Å². The number of rotatable bonds is 6.